The van der Waals surface area contributed by atoms with E-state index in [-0.39, 0.29) is 11.3 Å². The lowest BCUT2D eigenvalue weighted by Crippen LogP contribution is -2.38. The van der Waals surface area contributed by atoms with Crippen LogP contribution in [0.5, 0.6) is 0 Å². The van der Waals surface area contributed by atoms with Crippen molar-refractivity contribution < 1.29 is 19.7 Å². The maximum Gasteiger partial charge on any atom is 0.337 e. The zero-order valence-electron chi connectivity index (χ0n) is 9.41. The van der Waals surface area contributed by atoms with Crippen molar-refractivity contribution in [3.63, 3.8) is 0 Å². The molecule has 1 aliphatic heterocycles. The number of carboxylic acids is 1. The molecule has 1 aliphatic rings. The average molecular weight is 250 g/mol. The molecule has 2 N–H and O–H groups in total. The molecule has 7 heteroatoms. The van der Waals surface area contributed by atoms with E-state index in [4.69, 9.17) is 9.94 Å². The Balaban J connectivity index is 2.48. The molecule has 1 aromatic rings. The van der Waals surface area contributed by atoms with Crippen LogP contribution in [-0.4, -0.2) is 16.0 Å². The summed E-state index contributed by atoms with van der Waals surface area (Å²) in [4.78, 5) is 26.1. The van der Waals surface area contributed by atoms with Gasteiger partial charge in [0.25, 0.3) is 5.69 Å². The molecule has 0 saturated heterocycles. The number of carboxylic acid groups (broad SMARTS) is 1. The van der Waals surface area contributed by atoms with Gasteiger partial charge in [-0.3, -0.25) is 10.1 Å². The Morgan fingerprint density at radius 1 is 1.56 bits per heavy atom. The fraction of sp³-hybridized carbons (Fsp3) is 0.182. The van der Waals surface area contributed by atoms with E-state index in [9.17, 15) is 14.9 Å². The van der Waals surface area contributed by atoms with Gasteiger partial charge in [-0.2, -0.15) is 0 Å². The second-order valence-electron chi connectivity index (χ2n) is 3.99. The minimum atomic E-state index is -1.14. The third-order valence-corrected chi connectivity index (χ3v) is 2.84. The number of hydrogen-bond donors (Lipinski definition) is 2. The molecule has 2 rings (SSSR count). The van der Waals surface area contributed by atoms with E-state index in [1.54, 1.807) is 13.0 Å². The lowest BCUT2D eigenvalue weighted by molar-refractivity contribution is -0.385. The number of nitro benzene ring substituents is 1. The van der Waals surface area contributed by atoms with E-state index in [1.807, 2.05) is 0 Å². The number of hydrogen-bond acceptors (Lipinski definition) is 5. The van der Waals surface area contributed by atoms with Crippen molar-refractivity contribution in [1.82, 2.24) is 5.48 Å². The Morgan fingerprint density at radius 2 is 2.28 bits per heavy atom. The molecule has 7 nitrogen and oxygen atoms in total. The Labute approximate surface area is 102 Å². The van der Waals surface area contributed by atoms with Crippen molar-refractivity contribution in [1.29, 1.82) is 0 Å². The molecule has 0 bridgehead atoms. The Hall–Kier alpha value is -2.41. The normalized spacial score (nSPS) is 22.2. The summed E-state index contributed by atoms with van der Waals surface area (Å²) in [5.41, 5.74) is 1.77. The molecule has 0 amide bonds. The van der Waals surface area contributed by atoms with Crippen molar-refractivity contribution in [2.24, 2.45) is 0 Å². The van der Waals surface area contributed by atoms with Crippen LogP contribution in [0.25, 0.3) is 0 Å². The summed E-state index contributed by atoms with van der Waals surface area (Å²) in [6.45, 7) is 1.58. The number of rotatable bonds is 3. The zero-order valence-corrected chi connectivity index (χ0v) is 9.41. The molecular formula is C11H10N2O5. The fourth-order valence-corrected chi connectivity index (χ4v) is 1.79. The van der Waals surface area contributed by atoms with Crippen LogP contribution in [0.15, 0.2) is 36.1 Å². The number of carbonyl (C=O) groups is 1. The first-order chi connectivity index (χ1) is 8.45. The molecule has 18 heavy (non-hydrogen) atoms. The quantitative estimate of drug-likeness (QED) is 0.619. The van der Waals surface area contributed by atoms with Gasteiger partial charge in [-0.1, -0.05) is 12.1 Å². The van der Waals surface area contributed by atoms with E-state index in [0.29, 0.717) is 5.56 Å². The van der Waals surface area contributed by atoms with Gasteiger partial charge in [-0.15, -0.1) is 5.48 Å². The molecule has 0 aromatic heterocycles. The van der Waals surface area contributed by atoms with Gasteiger partial charge in [-0.25, -0.2) is 4.79 Å². The molecule has 1 atom stereocenters. The molecule has 0 fully saturated rings. The third kappa shape index (κ3) is 1.80. The lowest BCUT2D eigenvalue weighted by Gasteiger charge is -2.24. The summed E-state index contributed by atoms with van der Waals surface area (Å²) < 4.78 is 0. The third-order valence-electron chi connectivity index (χ3n) is 2.84. The van der Waals surface area contributed by atoms with E-state index in [0.717, 1.165) is 6.26 Å². The first-order valence-corrected chi connectivity index (χ1v) is 5.07. The van der Waals surface area contributed by atoms with Crippen LogP contribution in [-0.2, 0) is 15.2 Å². The molecule has 0 radical (unpaired) electrons. The number of hydroxylamine groups is 1. The first-order valence-electron chi connectivity index (χ1n) is 5.07. The Kier molecular flexibility index (Phi) is 2.76. The van der Waals surface area contributed by atoms with Gasteiger partial charge in [0.2, 0.25) is 0 Å². The highest BCUT2D eigenvalue weighted by molar-refractivity contribution is 5.89. The average Bonchev–Trinajstić information content (AvgIpc) is 2.73. The first kappa shape index (κ1) is 12.1. The maximum atomic E-state index is 11.1. The fourth-order valence-electron chi connectivity index (χ4n) is 1.79. The molecule has 94 valence electrons. The SMILES string of the molecule is CC1(c2cccc([N+](=O)[O-])c2)NOC=C1C(=O)O. The van der Waals surface area contributed by atoms with Gasteiger partial charge in [-0.05, 0) is 12.5 Å². The van der Waals surface area contributed by atoms with Crippen LogP contribution in [0, 0.1) is 10.1 Å². The van der Waals surface area contributed by atoms with E-state index in [2.05, 4.69) is 5.48 Å². The van der Waals surface area contributed by atoms with Crippen molar-refractivity contribution in [3.05, 3.63) is 51.8 Å². The number of nitrogens with zero attached hydrogens (tertiary/aromatic N) is 1. The van der Waals surface area contributed by atoms with Crippen LogP contribution in [0.3, 0.4) is 0 Å². The maximum absolute atomic E-state index is 11.1. The second kappa shape index (κ2) is 4.11. The predicted octanol–water partition coefficient (Wildman–Crippen LogP) is 1.31. The number of benzene rings is 1. The highest BCUT2D eigenvalue weighted by Gasteiger charge is 2.41. The zero-order chi connectivity index (χ0) is 13.3. The Morgan fingerprint density at radius 3 is 2.89 bits per heavy atom. The van der Waals surface area contributed by atoms with Crippen molar-refractivity contribution in [2.45, 2.75) is 12.5 Å². The molecule has 1 aromatic carbocycles. The van der Waals surface area contributed by atoms with Crippen LogP contribution >= 0.6 is 0 Å². The van der Waals surface area contributed by atoms with Gasteiger partial charge in [0.05, 0.1) is 4.92 Å². The summed E-state index contributed by atoms with van der Waals surface area (Å²) in [5.74, 6) is -1.14. The topological polar surface area (TPSA) is 102 Å². The lowest BCUT2D eigenvalue weighted by atomic mass is 9.86. The number of nitrogens with one attached hydrogen (secondary N) is 1. The van der Waals surface area contributed by atoms with E-state index < -0.39 is 16.4 Å². The van der Waals surface area contributed by atoms with Gasteiger partial charge in [0, 0.05) is 12.1 Å². The van der Waals surface area contributed by atoms with Gasteiger partial charge < -0.3 is 9.94 Å². The summed E-state index contributed by atoms with van der Waals surface area (Å²) in [7, 11) is 0. The molecule has 0 aliphatic carbocycles. The summed E-state index contributed by atoms with van der Waals surface area (Å²) in [6.07, 6.45) is 1.08. The van der Waals surface area contributed by atoms with E-state index >= 15 is 0 Å². The number of aliphatic carboxylic acids is 1. The summed E-state index contributed by atoms with van der Waals surface area (Å²) in [6, 6.07) is 5.76. The Bertz CT molecular complexity index is 554. The van der Waals surface area contributed by atoms with Crippen molar-refractivity contribution in [3.8, 4) is 0 Å². The highest BCUT2D eigenvalue weighted by atomic mass is 16.6. The smallest absolute Gasteiger partial charge is 0.337 e. The largest absolute Gasteiger partial charge is 0.478 e. The standard InChI is InChI=1S/C11H10N2O5/c1-11(9(10(14)15)6-18-12-11)7-3-2-4-8(5-7)13(16)17/h2-6,12H,1H3,(H,14,15). The minimum absolute atomic E-state index is 0.0111. The second-order valence-corrected chi connectivity index (χ2v) is 3.99. The molecule has 1 heterocycles. The number of nitro groups is 1. The highest BCUT2D eigenvalue weighted by Crippen LogP contribution is 2.34. The molecule has 0 saturated carbocycles. The van der Waals surface area contributed by atoms with Crippen molar-refractivity contribution in [2.75, 3.05) is 0 Å². The van der Waals surface area contributed by atoms with Gasteiger partial charge in [0.15, 0.2) is 0 Å². The molecular weight excluding hydrogens is 240 g/mol. The van der Waals surface area contributed by atoms with Crippen LogP contribution in [0.4, 0.5) is 5.69 Å². The number of non-ortho nitro benzene ring substituents is 1. The van der Waals surface area contributed by atoms with Crippen LogP contribution in [0.2, 0.25) is 0 Å². The molecule has 0 spiro atoms. The molecule has 1 unspecified atom stereocenters. The van der Waals surface area contributed by atoms with Crippen molar-refractivity contribution >= 4 is 11.7 Å². The summed E-state index contributed by atoms with van der Waals surface area (Å²) >= 11 is 0. The predicted molar refractivity (Wildman–Crippen MR) is 60.4 cm³/mol. The van der Waals surface area contributed by atoms with E-state index in [1.165, 1.54) is 18.2 Å². The van der Waals surface area contributed by atoms with Crippen LogP contribution in [0.1, 0.15) is 12.5 Å². The van der Waals surface area contributed by atoms with Gasteiger partial charge in [0.1, 0.15) is 17.4 Å². The monoisotopic (exact) mass is 250 g/mol. The van der Waals surface area contributed by atoms with Gasteiger partial charge >= 0.3 is 5.97 Å². The minimum Gasteiger partial charge on any atom is -0.478 e. The van der Waals surface area contributed by atoms with Crippen LogP contribution < -0.4 is 5.48 Å². The summed E-state index contributed by atoms with van der Waals surface area (Å²) in [5, 5.41) is 19.8.